The quantitative estimate of drug-likeness (QED) is 0.420. The molecule has 1 rings (SSSR count). The van der Waals surface area contributed by atoms with Gasteiger partial charge < -0.3 is 4.74 Å². The molecule has 0 N–H and O–H groups in total. The molecule has 0 bridgehead atoms. The molecule has 0 amide bonds. The van der Waals surface area contributed by atoms with Gasteiger partial charge in [0.25, 0.3) is 0 Å². The number of hydrogen-bond acceptors (Lipinski definition) is 1. The minimum atomic E-state index is -0.385. The van der Waals surface area contributed by atoms with Crippen molar-refractivity contribution in [1.82, 2.24) is 0 Å². The molecule has 1 nitrogen and oxygen atoms in total. The number of methoxy groups -OCH3 is 1. The van der Waals surface area contributed by atoms with Crippen molar-refractivity contribution in [1.29, 1.82) is 0 Å². The van der Waals surface area contributed by atoms with E-state index in [1.54, 1.807) is 12.2 Å². The minimum absolute atomic E-state index is 0.385. The Balaban J connectivity index is 2.77. The van der Waals surface area contributed by atoms with Crippen molar-refractivity contribution < 1.29 is 9.13 Å². The van der Waals surface area contributed by atoms with Crippen LogP contribution < -0.4 is 0 Å². The third-order valence-electron chi connectivity index (χ3n) is 3.48. The lowest BCUT2D eigenvalue weighted by Crippen LogP contribution is -1.95. The van der Waals surface area contributed by atoms with E-state index in [0.29, 0.717) is 22.5 Å². The minimum Gasteiger partial charge on any atom is -0.497 e. The summed E-state index contributed by atoms with van der Waals surface area (Å²) in [6.07, 6.45) is 10.4. The van der Waals surface area contributed by atoms with Gasteiger partial charge in [0, 0.05) is 5.57 Å². The molecule has 0 saturated heterocycles. The van der Waals surface area contributed by atoms with Crippen molar-refractivity contribution in [2.45, 2.75) is 19.8 Å². The zero-order valence-electron chi connectivity index (χ0n) is 13.4. The summed E-state index contributed by atoms with van der Waals surface area (Å²) in [5, 5.41) is 0. The van der Waals surface area contributed by atoms with Gasteiger partial charge in [-0.1, -0.05) is 50.1 Å². The molecule has 0 unspecified atom stereocenters. The van der Waals surface area contributed by atoms with E-state index in [9.17, 15) is 4.39 Å². The molecule has 0 heterocycles. The molecule has 0 saturated carbocycles. The van der Waals surface area contributed by atoms with Crippen LogP contribution in [-0.2, 0) is 4.74 Å². The van der Waals surface area contributed by atoms with Crippen molar-refractivity contribution in [3.8, 4) is 0 Å². The van der Waals surface area contributed by atoms with Crippen LogP contribution in [0.4, 0.5) is 4.39 Å². The normalized spacial score (nSPS) is 15.1. The molecule has 0 spiro atoms. The number of halogens is 1. The second-order valence-corrected chi connectivity index (χ2v) is 5.23. The molecule has 1 aliphatic rings. The van der Waals surface area contributed by atoms with E-state index >= 15 is 0 Å². The third-order valence-corrected chi connectivity index (χ3v) is 3.48. The summed E-state index contributed by atoms with van der Waals surface area (Å²) in [6.45, 7) is 17.2. The van der Waals surface area contributed by atoms with Crippen LogP contribution in [0.25, 0.3) is 0 Å². The first kappa shape index (κ1) is 17.7. The molecule has 0 aromatic carbocycles. The molecular formula is C20H23FO. The molecule has 0 atom stereocenters. The summed E-state index contributed by atoms with van der Waals surface area (Å²) < 4.78 is 19.2. The van der Waals surface area contributed by atoms with Crippen LogP contribution in [0, 0.1) is 0 Å². The zero-order valence-corrected chi connectivity index (χ0v) is 13.4. The lowest BCUT2D eigenvalue weighted by atomic mass is 9.93. The van der Waals surface area contributed by atoms with E-state index in [-0.39, 0.29) is 5.83 Å². The Labute approximate surface area is 132 Å². The average molecular weight is 298 g/mol. The van der Waals surface area contributed by atoms with Crippen LogP contribution in [0.1, 0.15) is 19.8 Å². The molecule has 1 aliphatic carbocycles. The summed E-state index contributed by atoms with van der Waals surface area (Å²) >= 11 is 0. The molecule has 0 aromatic rings. The van der Waals surface area contributed by atoms with Gasteiger partial charge >= 0.3 is 0 Å². The highest BCUT2D eigenvalue weighted by molar-refractivity contribution is 5.51. The van der Waals surface area contributed by atoms with Crippen LogP contribution in [0.5, 0.6) is 0 Å². The molecule has 116 valence electrons. The molecular weight excluding hydrogens is 275 g/mol. The lowest BCUT2D eigenvalue weighted by Gasteiger charge is -2.13. The zero-order chi connectivity index (χ0) is 16.7. The van der Waals surface area contributed by atoms with Gasteiger partial charge in [-0.25, -0.2) is 4.39 Å². The van der Waals surface area contributed by atoms with Crippen LogP contribution in [0.2, 0.25) is 0 Å². The van der Waals surface area contributed by atoms with Gasteiger partial charge in [0.05, 0.1) is 7.11 Å². The lowest BCUT2D eigenvalue weighted by molar-refractivity contribution is 0.309. The molecule has 2 heteroatoms. The van der Waals surface area contributed by atoms with E-state index in [4.69, 9.17) is 4.74 Å². The number of allylic oxidation sites excluding steroid dienone is 11. The van der Waals surface area contributed by atoms with Crippen molar-refractivity contribution in [3.05, 3.63) is 96.1 Å². The number of ether oxygens (including phenoxy) is 1. The van der Waals surface area contributed by atoms with E-state index < -0.39 is 0 Å². The molecule has 0 radical (unpaired) electrons. The average Bonchev–Trinajstić information content (AvgIpc) is 2.51. The predicted molar refractivity (Wildman–Crippen MR) is 93.0 cm³/mol. The maximum atomic E-state index is 14.3. The summed E-state index contributed by atoms with van der Waals surface area (Å²) in [4.78, 5) is 0. The Kier molecular flexibility index (Phi) is 6.58. The van der Waals surface area contributed by atoms with Gasteiger partial charge in [0.1, 0.15) is 11.6 Å². The molecule has 0 aromatic heterocycles. The highest BCUT2D eigenvalue weighted by Gasteiger charge is 2.11. The Hall–Kier alpha value is -2.35. The van der Waals surface area contributed by atoms with Crippen LogP contribution >= 0.6 is 0 Å². The summed E-state index contributed by atoms with van der Waals surface area (Å²) in [7, 11) is 1.53. The van der Waals surface area contributed by atoms with Crippen molar-refractivity contribution in [2.75, 3.05) is 7.11 Å². The number of hydrogen-bond donors (Lipinski definition) is 0. The van der Waals surface area contributed by atoms with Crippen molar-refractivity contribution >= 4 is 0 Å². The molecule has 0 fully saturated rings. The first-order valence-corrected chi connectivity index (χ1v) is 7.07. The highest BCUT2D eigenvalue weighted by atomic mass is 19.1. The van der Waals surface area contributed by atoms with Gasteiger partial charge in [-0.15, -0.1) is 0 Å². The largest absolute Gasteiger partial charge is 0.497 e. The second-order valence-electron chi connectivity index (χ2n) is 5.23. The summed E-state index contributed by atoms with van der Waals surface area (Å²) in [6, 6.07) is 0. The van der Waals surface area contributed by atoms with Crippen LogP contribution in [0.3, 0.4) is 0 Å². The maximum Gasteiger partial charge on any atom is 0.130 e. The Morgan fingerprint density at radius 3 is 2.32 bits per heavy atom. The number of rotatable bonds is 7. The fourth-order valence-electron chi connectivity index (χ4n) is 1.85. The fourth-order valence-corrected chi connectivity index (χ4v) is 1.85. The van der Waals surface area contributed by atoms with E-state index in [1.165, 1.54) is 18.8 Å². The second kappa shape index (κ2) is 8.18. The van der Waals surface area contributed by atoms with Gasteiger partial charge in [-0.05, 0) is 48.6 Å². The third kappa shape index (κ3) is 5.21. The fraction of sp³-hybridized carbons (Fsp3) is 0.200. The molecule has 22 heavy (non-hydrogen) atoms. The summed E-state index contributed by atoms with van der Waals surface area (Å²) in [5.41, 5.74) is 3.70. The predicted octanol–water partition coefficient (Wildman–Crippen LogP) is 5.89. The first-order valence-electron chi connectivity index (χ1n) is 7.07. The van der Waals surface area contributed by atoms with E-state index in [2.05, 4.69) is 33.2 Å². The summed E-state index contributed by atoms with van der Waals surface area (Å²) in [5.74, 6) is 0.113. The Bertz CT molecular complexity index is 624. The monoisotopic (exact) mass is 298 g/mol. The first-order chi connectivity index (χ1) is 10.3. The Morgan fingerprint density at radius 1 is 1.09 bits per heavy atom. The molecule has 0 aliphatic heterocycles. The van der Waals surface area contributed by atoms with E-state index in [0.717, 1.165) is 18.4 Å². The van der Waals surface area contributed by atoms with Gasteiger partial charge in [-0.2, -0.15) is 0 Å². The van der Waals surface area contributed by atoms with Gasteiger partial charge in [0.2, 0.25) is 0 Å². The van der Waals surface area contributed by atoms with Gasteiger partial charge in [0.15, 0.2) is 0 Å². The standard InChI is InChI=1S/C20H23FO/c1-14-7-11-19(12-8-14)18(5)20(21)13-16(3)15(2)9-10-17(4)22-6/h7,9-11,13H,2-5,8,12H2,1,6H3/b10-9-,20-13+. The Morgan fingerprint density at radius 2 is 1.77 bits per heavy atom. The van der Waals surface area contributed by atoms with E-state index in [1.807, 2.05) is 12.2 Å². The smallest absolute Gasteiger partial charge is 0.130 e. The van der Waals surface area contributed by atoms with Crippen LogP contribution in [-0.4, -0.2) is 7.11 Å². The van der Waals surface area contributed by atoms with Crippen molar-refractivity contribution in [3.63, 3.8) is 0 Å². The van der Waals surface area contributed by atoms with Crippen molar-refractivity contribution in [2.24, 2.45) is 0 Å². The van der Waals surface area contributed by atoms with Gasteiger partial charge in [-0.3, -0.25) is 0 Å². The SMILES string of the molecule is C=C(/C=C\C(=C)C(=C)/C=C(/F)C(=C)C1=CC=C(C)CC1)OC. The highest BCUT2D eigenvalue weighted by Crippen LogP contribution is 2.29. The maximum absolute atomic E-state index is 14.3. The van der Waals surface area contributed by atoms with Crippen LogP contribution in [0.15, 0.2) is 96.1 Å². The topological polar surface area (TPSA) is 9.23 Å².